The van der Waals surface area contributed by atoms with Crippen LogP contribution in [0.3, 0.4) is 0 Å². The van der Waals surface area contributed by atoms with Gasteiger partial charge in [0.05, 0.1) is 103 Å². The summed E-state index contributed by atoms with van der Waals surface area (Å²) in [7, 11) is 13.5. The first-order chi connectivity index (χ1) is 28.9. The molecule has 0 aromatic heterocycles. The van der Waals surface area contributed by atoms with Crippen molar-refractivity contribution in [1.29, 1.82) is 0 Å². The number of rotatable bonds is 21. The SMILES string of the molecule is COc1ccc(C[C@@H]2c3cc(OC)c(OC)cc3CC[N@@+]2(C)CCCOC(=O)/C(Cl)=C/C(=O)OCCC[N+]2(Cc3cc(OC)c(OC)c(OC)c3)CCOCC2)cc1OC. The summed E-state index contributed by atoms with van der Waals surface area (Å²) in [5.74, 6) is 2.96. The van der Waals surface area contributed by atoms with Crippen LogP contribution < -0.4 is 33.2 Å². The van der Waals surface area contributed by atoms with Crippen molar-refractivity contribution in [3.8, 4) is 40.2 Å². The van der Waals surface area contributed by atoms with Gasteiger partial charge in [-0.2, -0.15) is 0 Å². The standard InChI is InChI=1S/C45H61ClN2O12/c1-47(16-13-33-27-39(53-4)40(54-5)28-34(33)36(47)23-31-11-12-37(51-2)38(24-31)52-3)14-9-20-60-45(50)35(46)29-43(49)59-19-10-15-48(17-21-58-22-18-48)30-32-25-41(55-6)44(57-8)42(26-32)56-7/h11-12,24-29,36H,9-10,13-23,30H2,1-8H3/q+2/b35-29-/t36-,47-/m1/s1. The van der Waals surface area contributed by atoms with Crippen LogP contribution in [0.5, 0.6) is 40.2 Å². The molecule has 15 heteroatoms. The molecule has 2 aliphatic rings. The third-order valence-corrected chi connectivity index (χ3v) is 12.0. The summed E-state index contributed by atoms with van der Waals surface area (Å²) in [5.41, 5.74) is 4.52. The molecule has 1 fully saturated rings. The predicted molar refractivity (Wildman–Crippen MR) is 226 cm³/mol. The minimum atomic E-state index is -0.776. The van der Waals surface area contributed by atoms with Crippen LogP contribution in [-0.2, 0) is 43.2 Å². The molecule has 2 aliphatic heterocycles. The van der Waals surface area contributed by atoms with Gasteiger partial charge in [-0.25, -0.2) is 9.59 Å². The van der Waals surface area contributed by atoms with Crippen LogP contribution in [0.15, 0.2) is 53.6 Å². The number of benzene rings is 3. The van der Waals surface area contributed by atoms with Crippen LogP contribution in [0, 0.1) is 0 Å². The predicted octanol–water partition coefficient (Wildman–Crippen LogP) is 6.07. The lowest BCUT2D eigenvalue weighted by molar-refractivity contribution is -0.947. The van der Waals surface area contributed by atoms with Crippen molar-refractivity contribution in [3.05, 3.63) is 75.8 Å². The van der Waals surface area contributed by atoms with Crippen molar-refractivity contribution in [2.45, 2.75) is 38.3 Å². The molecular weight excluding hydrogens is 796 g/mol. The molecule has 1 saturated heterocycles. The Labute approximate surface area is 358 Å². The fourth-order valence-electron chi connectivity index (χ4n) is 8.40. The fourth-order valence-corrected chi connectivity index (χ4v) is 8.54. The Kier molecular flexibility index (Phi) is 16.6. The molecule has 0 bridgehead atoms. The Balaban J connectivity index is 1.16. The van der Waals surface area contributed by atoms with E-state index in [1.54, 1.807) is 49.8 Å². The molecule has 0 aliphatic carbocycles. The lowest BCUT2D eigenvalue weighted by atomic mass is 9.86. The first-order valence-corrected chi connectivity index (χ1v) is 20.6. The summed E-state index contributed by atoms with van der Waals surface area (Å²) in [6.45, 7) is 6.17. The first-order valence-electron chi connectivity index (χ1n) is 20.2. The monoisotopic (exact) mass is 856 g/mol. The van der Waals surface area contributed by atoms with Crippen molar-refractivity contribution < 1.29 is 65.9 Å². The van der Waals surface area contributed by atoms with Gasteiger partial charge in [0.15, 0.2) is 34.5 Å². The molecule has 328 valence electrons. The third-order valence-electron chi connectivity index (χ3n) is 11.7. The summed E-state index contributed by atoms with van der Waals surface area (Å²) in [5, 5.41) is -0.334. The van der Waals surface area contributed by atoms with Crippen molar-refractivity contribution in [1.82, 2.24) is 0 Å². The van der Waals surface area contributed by atoms with Crippen LogP contribution in [0.1, 0.15) is 41.1 Å². The van der Waals surface area contributed by atoms with Gasteiger partial charge in [0, 0.05) is 42.9 Å². The minimum Gasteiger partial charge on any atom is -0.493 e. The van der Waals surface area contributed by atoms with Gasteiger partial charge in [0.25, 0.3) is 0 Å². The number of esters is 2. The Morgan fingerprint density at radius 2 is 1.28 bits per heavy atom. The second-order valence-electron chi connectivity index (χ2n) is 15.3. The van der Waals surface area contributed by atoms with Gasteiger partial charge in [0.2, 0.25) is 5.75 Å². The molecule has 0 N–H and O–H groups in total. The van der Waals surface area contributed by atoms with Crippen molar-refractivity contribution in [2.75, 3.05) is 116 Å². The van der Waals surface area contributed by atoms with Gasteiger partial charge in [-0.05, 0) is 47.5 Å². The molecule has 3 aromatic rings. The number of hydrogen-bond donors (Lipinski definition) is 0. The number of quaternary nitrogens is 2. The maximum atomic E-state index is 12.9. The number of hydrogen-bond acceptors (Lipinski definition) is 12. The zero-order valence-electron chi connectivity index (χ0n) is 36.3. The molecule has 0 saturated carbocycles. The van der Waals surface area contributed by atoms with E-state index < -0.39 is 11.9 Å². The average Bonchev–Trinajstić information content (AvgIpc) is 3.26. The van der Waals surface area contributed by atoms with Crippen molar-refractivity contribution in [3.63, 3.8) is 0 Å². The third kappa shape index (κ3) is 11.3. The molecule has 0 radical (unpaired) electrons. The minimum absolute atomic E-state index is 0.0511. The summed E-state index contributed by atoms with van der Waals surface area (Å²) >= 11 is 6.26. The Morgan fingerprint density at radius 1 is 0.700 bits per heavy atom. The van der Waals surface area contributed by atoms with E-state index in [2.05, 4.69) is 25.2 Å². The summed E-state index contributed by atoms with van der Waals surface area (Å²) in [6.07, 6.45) is 3.71. The zero-order valence-corrected chi connectivity index (χ0v) is 37.0. The lowest BCUT2D eigenvalue weighted by Gasteiger charge is -2.46. The number of fused-ring (bicyclic) bond motifs is 1. The number of ether oxygens (including phenoxy) is 10. The molecule has 0 unspecified atom stereocenters. The van der Waals surface area contributed by atoms with Crippen LogP contribution in [0.2, 0.25) is 0 Å². The van der Waals surface area contributed by atoms with Crippen molar-refractivity contribution in [2.24, 2.45) is 0 Å². The fraction of sp³-hybridized carbons (Fsp3) is 0.511. The largest absolute Gasteiger partial charge is 0.493 e. The van der Waals surface area contributed by atoms with Crippen LogP contribution >= 0.6 is 11.6 Å². The van der Waals surface area contributed by atoms with E-state index in [0.29, 0.717) is 83.9 Å². The highest BCUT2D eigenvalue weighted by molar-refractivity contribution is 6.42. The highest BCUT2D eigenvalue weighted by Gasteiger charge is 2.40. The number of halogens is 1. The van der Waals surface area contributed by atoms with Gasteiger partial charge >= 0.3 is 11.9 Å². The maximum absolute atomic E-state index is 12.9. The normalized spacial score (nSPS) is 18.4. The number of carbonyl (C=O) groups is 2. The number of methoxy groups -OCH3 is 7. The number of nitrogens with zero attached hydrogens (tertiary/aromatic N) is 2. The molecule has 2 heterocycles. The second-order valence-corrected chi connectivity index (χ2v) is 15.7. The molecule has 2 atom stereocenters. The van der Waals surface area contributed by atoms with Crippen LogP contribution in [0.4, 0.5) is 0 Å². The average molecular weight is 857 g/mol. The van der Waals surface area contributed by atoms with Crippen LogP contribution in [0.25, 0.3) is 0 Å². The lowest BCUT2D eigenvalue weighted by Crippen LogP contribution is -2.55. The molecule has 60 heavy (non-hydrogen) atoms. The quantitative estimate of drug-likeness (QED) is 0.0535. The van der Waals surface area contributed by atoms with E-state index in [0.717, 1.165) is 60.7 Å². The Morgan fingerprint density at radius 3 is 1.92 bits per heavy atom. The molecule has 14 nitrogen and oxygen atoms in total. The Hall–Kier alpha value is -4.89. The van der Waals surface area contributed by atoms with E-state index in [-0.39, 0.29) is 24.3 Å². The zero-order chi connectivity index (χ0) is 43.3. The molecule has 5 rings (SSSR count). The topological polar surface area (TPSA) is 126 Å². The van der Waals surface area contributed by atoms with Gasteiger partial charge in [-0.15, -0.1) is 0 Å². The molecular formula is C45H61ClN2O12+2. The van der Waals surface area contributed by atoms with E-state index >= 15 is 0 Å². The van der Waals surface area contributed by atoms with Gasteiger partial charge < -0.3 is 56.3 Å². The summed E-state index contributed by atoms with van der Waals surface area (Å²) < 4.78 is 57.2. The van der Waals surface area contributed by atoms with E-state index in [1.165, 1.54) is 11.1 Å². The second kappa shape index (κ2) is 21.6. The van der Waals surface area contributed by atoms with E-state index in [1.807, 2.05) is 24.3 Å². The smallest absolute Gasteiger partial charge is 0.350 e. The highest BCUT2D eigenvalue weighted by Crippen LogP contribution is 2.43. The number of likely N-dealkylation sites (N-methyl/N-ethyl adjacent to an activating group) is 1. The maximum Gasteiger partial charge on any atom is 0.350 e. The van der Waals surface area contributed by atoms with E-state index in [4.69, 9.17) is 59.0 Å². The number of morpholine rings is 1. The van der Waals surface area contributed by atoms with Crippen LogP contribution in [-0.4, -0.2) is 137 Å². The van der Waals surface area contributed by atoms with Gasteiger partial charge in [0.1, 0.15) is 30.7 Å². The molecule has 0 spiro atoms. The summed E-state index contributed by atoms with van der Waals surface area (Å²) in [6, 6.07) is 14.1. The van der Waals surface area contributed by atoms with Crippen molar-refractivity contribution >= 4 is 23.5 Å². The molecule has 3 aromatic carbocycles. The van der Waals surface area contributed by atoms with Gasteiger partial charge in [-0.3, -0.25) is 0 Å². The Bertz CT molecular complexity index is 1940. The van der Waals surface area contributed by atoms with Gasteiger partial charge in [-0.1, -0.05) is 17.7 Å². The first kappa shape index (κ1) is 46.2. The molecule has 0 amide bonds. The number of carbonyl (C=O) groups excluding carboxylic acids is 2. The van der Waals surface area contributed by atoms with E-state index in [9.17, 15) is 9.59 Å². The summed E-state index contributed by atoms with van der Waals surface area (Å²) in [4.78, 5) is 25.6. The highest BCUT2D eigenvalue weighted by atomic mass is 35.5.